The smallest absolute Gasteiger partial charge is 0.123 e. The summed E-state index contributed by atoms with van der Waals surface area (Å²) < 4.78 is 50.5. The molecule has 4 unspecified atom stereocenters. The highest BCUT2D eigenvalue weighted by Gasteiger charge is 2.26. The molecule has 6 heteroatoms. The summed E-state index contributed by atoms with van der Waals surface area (Å²) in [6.07, 6.45) is 14.8. The zero-order valence-electron chi connectivity index (χ0n) is 22.4. The molecule has 0 amide bonds. The molecule has 0 radical (unpaired) electrons. The molecule has 0 spiro atoms. The fourth-order valence-corrected chi connectivity index (χ4v) is 5.85. The molecule has 0 aliphatic carbocycles. The third-order valence-electron chi connectivity index (χ3n) is 7.90. The summed E-state index contributed by atoms with van der Waals surface area (Å²) in [7, 11) is 3.26. The summed E-state index contributed by atoms with van der Waals surface area (Å²) in [4.78, 5) is 0. The predicted octanol–water partition coefficient (Wildman–Crippen LogP) is 7.59. The fourth-order valence-electron chi connectivity index (χ4n) is 5.85. The quantitative estimate of drug-likeness (QED) is 0.242. The van der Waals surface area contributed by atoms with E-state index >= 15 is 0 Å². The van der Waals surface area contributed by atoms with Gasteiger partial charge >= 0.3 is 0 Å². The normalized spacial score (nSPS) is 23.5. The van der Waals surface area contributed by atoms with Gasteiger partial charge in [0, 0.05) is 0 Å². The molecule has 2 saturated heterocycles. The van der Waals surface area contributed by atoms with E-state index in [0.717, 1.165) is 86.8 Å². The van der Waals surface area contributed by atoms with Gasteiger partial charge in [0.2, 0.25) is 0 Å². The van der Waals surface area contributed by atoms with Gasteiger partial charge in [0.1, 0.15) is 23.1 Å². The van der Waals surface area contributed by atoms with Gasteiger partial charge in [0.25, 0.3) is 0 Å². The molecule has 4 nitrogen and oxygen atoms in total. The van der Waals surface area contributed by atoms with E-state index in [1.54, 1.807) is 38.5 Å². The average Bonchev–Trinajstić information content (AvgIpc) is 3.55. The Kier molecular flexibility index (Phi) is 10.6. The van der Waals surface area contributed by atoms with E-state index < -0.39 is 0 Å². The minimum Gasteiger partial charge on any atom is -0.496 e. The second-order valence-corrected chi connectivity index (χ2v) is 10.5. The number of ether oxygens (including phenoxy) is 4. The van der Waals surface area contributed by atoms with E-state index in [-0.39, 0.29) is 23.8 Å². The Balaban J connectivity index is 1.06. The molecule has 0 saturated carbocycles. The van der Waals surface area contributed by atoms with Crippen molar-refractivity contribution in [2.24, 2.45) is 0 Å². The Morgan fingerprint density at radius 1 is 0.622 bits per heavy atom. The molecule has 2 aromatic carbocycles. The number of unbranched alkanes of at least 4 members (excludes halogenated alkanes) is 2. The topological polar surface area (TPSA) is 36.9 Å². The van der Waals surface area contributed by atoms with Crippen LogP contribution < -0.4 is 9.47 Å². The van der Waals surface area contributed by atoms with Crippen molar-refractivity contribution in [2.75, 3.05) is 14.2 Å². The number of methoxy groups -OCH3 is 2. The number of hydrogen-bond acceptors (Lipinski definition) is 4. The maximum Gasteiger partial charge on any atom is 0.123 e. The lowest BCUT2D eigenvalue weighted by atomic mass is 10.0. The van der Waals surface area contributed by atoms with Crippen LogP contribution in [0.15, 0.2) is 36.4 Å². The molecule has 37 heavy (non-hydrogen) atoms. The van der Waals surface area contributed by atoms with Crippen molar-refractivity contribution in [3.05, 3.63) is 59.2 Å². The lowest BCUT2D eigenvalue weighted by Crippen LogP contribution is -2.13. The van der Waals surface area contributed by atoms with E-state index in [1.165, 1.54) is 31.4 Å². The van der Waals surface area contributed by atoms with Crippen LogP contribution in [0.4, 0.5) is 8.78 Å². The van der Waals surface area contributed by atoms with E-state index in [4.69, 9.17) is 18.9 Å². The number of benzene rings is 2. The van der Waals surface area contributed by atoms with Crippen LogP contribution in [-0.2, 0) is 22.3 Å². The third kappa shape index (κ3) is 8.41. The van der Waals surface area contributed by atoms with Crippen molar-refractivity contribution >= 4 is 0 Å². The van der Waals surface area contributed by atoms with Crippen LogP contribution in [0.3, 0.4) is 0 Å². The van der Waals surface area contributed by atoms with Crippen LogP contribution in [0.1, 0.15) is 81.8 Å². The van der Waals surface area contributed by atoms with Crippen LogP contribution in [0.2, 0.25) is 0 Å². The Morgan fingerprint density at radius 2 is 1.03 bits per heavy atom. The van der Waals surface area contributed by atoms with E-state index in [0.29, 0.717) is 12.2 Å². The second-order valence-electron chi connectivity index (χ2n) is 10.5. The van der Waals surface area contributed by atoms with Crippen LogP contribution in [0, 0.1) is 11.6 Å². The predicted molar refractivity (Wildman–Crippen MR) is 141 cm³/mol. The molecule has 2 aromatic rings. The molecule has 4 rings (SSSR count). The number of hydrogen-bond donors (Lipinski definition) is 0. The molecule has 2 heterocycles. The summed E-state index contributed by atoms with van der Waals surface area (Å²) in [5.74, 6) is 1.06. The largest absolute Gasteiger partial charge is 0.496 e. The van der Waals surface area contributed by atoms with Gasteiger partial charge in [-0.2, -0.15) is 0 Å². The Hall–Kier alpha value is -2.18. The second kappa shape index (κ2) is 14.1. The number of halogens is 2. The van der Waals surface area contributed by atoms with Crippen molar-refractivity contribution in [1.29, 1.82) is 0 Å². The molecule has 2 fully saturated rings. The Morgan fingerprint density at radius 3 is 1.43 bits per heavy atom. The average molecular weight is 517 g/mol. The van der Waals surface area contributed by atoms with Crippen LogP contribution in [0.5, 0.6) is 11.5 Å². The number of aryl methyl sites for hydroxylation is 2. The first-order chi connectivity index (χ1) is 18.0. The first-order valence-electron chi connectivity index (χ1n) is 14.0. The fraction of sp³-hybridized carbons (Fsp3) is 0.613. The van der Waals surface area contributed by atoms with Gasteiger partial charge in [-0.1, -0.05) is 19.3 Å². The molecular weight excluding hydrogens is 474 g/mol. The van der Waals surface area contributed by atoms with Gasteiger partial charge in [-0.3, -0.25) is 0 Å². The van der Waals surface area contributed by atoms with E-state index in [9.17, 15) is 8.78 Å². The molecule has 0 N–H and O–H groups in total. The summed E-state index contributed by atoms with van der Waals surface area (Å²) >= 11 is 0. The van der Waals surface area contributed by atoms with Crippen molar-refractivity contribution in [2.45, 2.75) is 108 Å². The van der Waals surface area contributed by atoms with Gasteiger partial charge < -0.3 is 18.9 Å². The summed E-state index contributed by atoms with van der Waals surface area (Å²) in [5.41, 5.74) is 1.83. The lowest BCUT2D eigenvalue weighted by molar-refractivity contribution is 0.0312. The SMILES string of the molecule is COc1ccc(F)cc1CCC1CCC(CCCCCC2CCC(CCc3cc(F)ccc3OC)O2)O1. The molecule has 0 bridgehead atoms. The monoisotopic (exact) mass is 516 g/mol. The Labute approximate surface area is 220 Å². The summed E-state index contributed by atoms with van der Waals surface area (Å²) in [6.45, 7) is 0. The van der Waals surface area contributed by atoms with E-state index in [2.05, 4.69) is 0 Å². The maximum atomic E-state index is 13.6. The van der Waals surface area contributed by atoms with Gasteiger partial charge in [-0.15, -0.1) is 0 Å². The minimum atomic E-state index is -0.218. The Bertz CT molecular complexity index is 904. The molecule has 2 aliphatic rings. The molecular formula is C31H42F2O4. The van der Waals surface area contributed by atoms with Gasteiger partial charge in [0.15, 0.2) is 0 Å². The van der Waals surface area contributed by atoms with Gasteiger partial charge in [0.05, 0.1) is 38.6 Å². The zero-order valence-corrected chi connectivity index (χ0v) is 22.4. The van der Waals surface area contributed by atoms with Crippen molar-refractivity contribution < 1.29 is 27.7 Å². The van der Waals surface area contributed by atoms with Crippen molar-refractivity contribution in [1.82, 2.24) is 0 Å². The van der Waals surface area contributed by atoms with Crippen LogP contribution in [-0.4, -0.2) is 38.6 Å². The highest BCUT2D eigenvalue weighted by molar-refractivity contribution is 5.34. The third-order valence-corrected chi connectivity index (χ3v) is 7.90. The van der Waals surface area contributed by atoms with E-state index in [1.807, 2.05) is 0 Å². The summed E-state index contributed by atoms with van der Waals surface area (Å²) in [5, 5.41) is 0. The van der Waals surface area contributed by atoms with Crippen LogP contribution in [0.25, 0.3) is 0 Å². The first kappa shape index (κ1) is 27.8. The number of rotatable bonds is 14. The zero-order chi connectivity index (χ0) is 26.0. The molecule has 204 valence electrons. The molecule has 0 aromatic heterocycles. The van der Waals surface area contributed by atoms with Crippen LogP contribution >= 0.6 is 0 Å². The van der Waals surface area contributed by atoms with Gasteiger partial charge in [-0.05, 0) is 112 Å². The minimum absolute atomic E-state index is 0.218. The van der Waals surface area contributed by atoms with Crippen molar-refractivity contribution in [3.63, 3.8) is 0 Å². The first-order valence-corrected chi connectivity index (χ1v) is 14.0. The lowest BCUT2D eigenvalue weighted by Gasteiger charge is -2.16. The van der Waals surface area contributed by atoms with Crippen molar-refractivity contribution in [3.8, 4) is 11.5 Å². The van der Waals surface area contributed by atoms with Gasteiger partial charge in [-0.25, -0.2) is 8.78 Å². The highest BCUT2D eigenvalue weighted by atomic mass is 19.1. The maximum absolute atomic E-state index is 13.6. The molecule has 4 atom stereocenters. The standard InChI is InChI=1S/C31H42F2O4/c1-34-30-18-10-24(32)20-22(30)8-12-28-16-14-26(36-28)6-4-3-5-7-27-15-17-29(37-27)13-9-23-21-25(33)11-19-31(23)35-2/h10-11,18-21,26-29H,3-9,12-17H2,1-2H3. The highest BCUT2D eigenvalue weighted by Crippen LogP contribution is 2.31. The summed E-state index contributed by atoms with van der Waals surface area (Å²) in [6, 6.07) is 9.42. The molecule has 2 aliphatic heterocycles.